The zero-order valence-electron chi connectivity index (χ0n) is 18.5. The van der Waals surface area contributed by atoms with E-state index in [0.717, 1.165) is 5.56 Å². The molecule has 0 amide bonds. The second kappa shape index (κ2) is 8.68. The first-order valence-electron chi connectivity index (χ1n) is 9.68. The zero-order chi connectivity index (χ0) is 22.8. The molecular weight excluding hydrogens is 418 g/mol. The maximum Gasteiger partial charge on any atom is 0.243 e. The highest BCUT2D eigenvalue weighted by Crippen LogP contribution is 2.33. The minimum Gasteiger partial charge on any atom is -0.497 e. The summed E-state index contributed by atoms with van der Waals surface area (Å²) in [4.78, 5) is 4.55. The Morgan fingerprint density at radius 2 is 1.71 bits per heavy atom. The molecule has 1 aromatic heterocycles. The first-order valence-corrected chi connectivity index (χ1v) is 11.1. The summed E-state index contributed by atoms with van der Waals surface area (Å²) >= 11 is 0. The van der Waals surface area contributed by atoms with Gasteiger partial charge in [-0.2, -0.15) is 9.29 Å². The molecule has 0 aliphatic heterocycles. The Morgan fingerprint density at radius 3 is 2.26 bits per heavy atom. The van der Waals surface area contributed by atoms with Crippen molar-refractivity contribution in [1.82, 2.24) is 14.4 Å². The van der Waals surface area contributed by atoms with Gasteiger partial charge in [-0.25, -0.2) is 8.42 Å². The van der Waals surface area contributed by atoms with E-state index >= 15 is 0 Å². The minimum atomic E-state index is -3.77. The predicted molar refractivity (Wildman–Crippen MR) is 117 cm³/mol. The van der Waals surface area contributed by atoms with Crippen LogP contribution in [0.15, 0.2) is 51.9 Å². The molecule has 0 atom stereocenters. The summed E-state index contributed by atoms with van der Waals surface area (Å²) in [5.74, 6) is 1.90. The van der Waals surface area contributed by atoms with Gasteiger partial charge in [-0.1, -0.05) is 38.1 Å². The van der Waals surface area contributed by atoms with Crippen molar-refractivity contribution in [3.63, 3.8) is 0 Å². The fourth-order valence-electron chi connectivity index (χ4n) is 2.91. The Kier molecular flexibility index (Phi) is 6.38. The van der Waals surface area contributed by atoms with Crippen molar-refractivity contribution in [2.45, 2.75) is 37.6 Å². The molecule has 0 aliphatic rings. The second-order valence-corrected chi connectivity index (χ2v) is 10.2. The third-order valence-corrected chi connectivity index (χ3v) is 6.55. The number of rotatable bonds is 7. The number of nitrogens with zero attached hydrogens (tertiary/aromatic N) is 3. The van der Waals surface area contributed by atoms with E-state index in [1.54, 1.807) is 25.3 Å². The number of aromatic nitrogens is 2. The Balaban J connectivity index is 1.94. The van der Waals surface area contributed by atoms with Crippen LogP contribution in [0.3, 0.4) is 0 Å². The third-order valence-electron chi connectivity index (χ3n) is 4.75. The van der Waals surface area contributed by atoms with Crippen LogP contribution in [0.5, 0.6) is 11.5 Å². The molecule has 0 saturated heterocycles. The molecule has 31 heavy (non-hydrogen) atoms. The molecule has 3 aromatic rings. The lowest BCUT2D eigenvalue weighted by Crippen LogP contribution is -2.26. The summed E-state index contributed by atoms with van der Waals surface area (Å²) in [6.45, 7) is 6.08. The highest BCUT2D eigenvalue weighted by Gasteiger charge is 2.26. The summed E-state index contributed by atoms with van der Waals surface area (Å²) in [7, 11) is 0.860. The van der Waals surface area contributed by atoms with Gasteiger partial charge in [-0.3, -0.25) is 0 Å². The van der Waals surface area contributed by atoms with Gasteiger partial charge in [0.25, 0.3) is 0 Å². The molecule has 0 spiro atoms. The molecule has 0 N–H and O–H groups in total. The van der Waals surface area contributed by atoms with Crippen LogP contribution in [0.25, 0.3) is 11.4 Å². The molecule has 0 bridgehead atoms. The summed E-state index contributed by atoms with van der Waals surface area (Å²) in [5, 5.41) is 4.03. The Hall–Kier alpha value is -2.91. The van der Waals surface area contributed by atoms with Gasteiger partial charge in [0, 0.05) is 19.0 Å². The van der Waals surface area contributed by atoms with E-state index in [4.69, 9.17) is 14.0 Å². The van der Waals surface area contributed by atoms with Crippen LogP contribution < -0.4 is 9.47 Å². The maximum absolute atomic E-state index is 13.2. The second-order valence-electron chi connectivity index (χ2n) is 8.14. The summed E-state index contributed by atoms with van der Waals surface area (Å²) in [6.07, 6.45) is 0. The van der Waals surface area contributed by atoms with E-state index in [2.05, 4.69) is 10.1 Å². The standard InChI is InChI=1S/C22H27N3O5S/c1-22(2,3)21-23-20(24-30-21)18-13-17(11-12-19(18)29-6)31(26,27)25(4)14-15-7-9-16(28-5)10-8-15/h7-13H,14H2,1-6H3. The smallest absolute Gasteiger partial charge is 0.243 e. The molecule has 9 heteroatoms. The van der Waals surface area contributed by atoms with Gasteiger partial charge in [0.15, 0.2) is 0 Å². The molecule has 166 valence electrons. The van der Waals surface area contributed by atoms with Crippen LogP contribution in [-0.4, -0.2) is 44.1 Å². The van der Waals surface area contributed by atoms with E-state index in [1.807, 2.05) is 32.9 Å². The predicted octanol–water partition coefficient (Wildman–Crippen LogP) is 3.87. The van der Waals surface area contributed by atoms with Crippen molar-refractivity contribution >= 4 is 10.0 Å². The number of ether oxygens (including phenoxy) is 2. The van der Waals surface area contributed by atoms with Crippen LogP contribution in [0, 0.1) is 0 Å². The molecule has 3 rings (SSSR count). The fourth-order valence-corrected chi connectivity index (χ4v) is 4.10. The number of sulfonamides is 1. The monoisotopic (exact) mass is 445 g/mol. The molecule has 0 saturated carbocycles. The highest BCUT2D eigenvalue weighted by molar-refractivity contribution is 7.89. The van der Waals surface area contributed by atoms with Crippen LogP contribution in [0.1, 0.15) is 32.2 Å². The number of benzene rings is 2. The Morgan fingerprint density at radius 1 is 1.03 bits per heavy atom. The van der Waals surface area contributed by atoms with E-state index in [0.29, 0.717) is 23.0 Å². The van der Waals surface area contributed by atoms with Gasteiger partial charge in [0.2, 0.25) is 21.7 Å². The molecule has 2 aromatic carbocycles. The van der Waals surface area contributed by atoms with Crippen molar-refractivity contribution in [3.05, 3.63) is 53.9 Å². The van der Waals surface area contributed by atoms with Crippen LogP contribution in [-0.2, 0) is 22.0 Å². The molecule has 0 fully saturated rings. The highest BCUT2D eigenvalue weighted by atomic mass is 32.2. The van der Waals surface area contributed by atoms with Crippen LogP contribution >= 0.6 is 0 Å². The minimum absolute atomic E-state index is 0.112. The normalized spacial score (nSPS) is 12.2. The average Bonchev–Trinajstić information content (AvgIpc) is 3.24. The van der Waals surface area contributed by atoms with E-state index in [9.17, 15) is 8.42 Å². The first kappa shape index (κ1) is 22.8. The molecule has 0 radical (unpaired) electrons. The quantitative estimate of drug-likeness (QED) is 0.545. The largest absolute Gasteiger partial charge is 0.497 e. The molecule has 0 unspecified atom stereocenters. The number of hydrogen-bond acceptors (Lipinski definition) is 7. The van der Waals surface area contributed by atoms with E-state index < -0.39 is 10.0 Å². The number of hydrogen-bond donors (Lipinski definition) is 0. The van der Waals surface area contributed by atoms with Gasteiger partial charge in [0.1, 0.15) is 11.5 Å². The lowest BCUT2D eigenvalue weighted by atomic mass is 9.97. The topological polar surface area (TPSA) is 94.8 Å². The lowest BCUT2D eigenvalue weighted by molar-refractivity contribution is 0.321. The van der Waals surface area contributed by atoms with Gasteiger partial charge >= 0.3 is 0 Å². The summed E-state index contributed by atoms with van der Waals surface area (Å²) in [6, 6.07) is 11.9. The van der Waals surface area contributed by atoms with Gasteiger partial charge in [-0.15, -0.1) is 0 Å². The van der Waals surface area contributed by atoms with Crippen molar-refractivity contribution in [3.8, 4) is 22.9 Å². The average molecular weight is 446 g/mol. The first-order chi connectivity index (χ1) is 14.6. The van der Waals surface area contributed by atoms with Crippen molar-refractivity contribution in [2.75, 3.05) is 21.3 Å². The van der Waals surface area contributed by atoms with Crippen molar-refractivity contribution in [2.24, 2.45) is 0 Å². The van der Waals surface area contributed by atoms with Crippen LogP contribution in [0.4, 0.5) is 0 Å². The molecular formula is C22H27N3O5S. The third kappa shape index (κ3) is 4.88. The lowest BCUT2D eigenvalue weighted by Gasteiger charge is -2.18. The fraction of sp³-hybridized carbons (Fsp3) is 0.364. The molecule has 8 nitrogen and oxygen atoms in total. The molecule has 1 heterocycles. The van der Waals surface area contributed by atoms with Crippen molar-refractivity contribution in [1.29, 1.82) is 0 Å². The Labute approximate surface area is 182 Å². The van der Waals surface area contributed by atoms with Crippen molar-refractivity contribution < 1.29 is 22.4 Å². The zero-order valence-corrected chi connectivity index (χ0v) is 19.4. The SMILES string of the molecule is COc1ccc(CN(C)S(=O)(=O)c2ccc(OC)c(-c3noc(C(C)(C)C)n3)c2)cc1. The number of methoxy groups -OCH3 is 2. The van der Waals surface area contributed by atoms with Gasteiger partial charge < -0.3 is 14.0 Å². The van der Waals surface area contributed by atoms with Gasteiger partial charge in [0.05, 0.1) is 24.7 Å². The molecule has 0 aliphatic carbocycles. The summed E-state index contributed by atoms with van der Waals surface area (Å²) in [5.41, 5.74) is 0.954. The van der Waals surface area contributed by atoms with E-state index in [1.165, 1.54) is 30.6 Å². The van der Waals surface area contributed by atoms with E-state index in [-0.39, 0.29) is 22.7 Å². The Bertz CT molecular complexity index is 1150. The van der Waals surface area contributed by atoms with Gasteiger partial charge in [-0.05, 0) is 35.9 Å². The maximum atomic E-state index is 13.2. The van der Waals surface area contributed by atoms with Crippen LogP contribution in [0.2, 0.25) is 0 Å². The summed E-state index contributed by atoms with van der Waals surface area (Å²) < 4.78 is 43.6.